The highest BCUT2D eigenvalue weighted by Gasteiger charge is 2.10. The van der Waals surface area contributed by atoms with Crippen molar-refractivity contribution < 1.29 is 9.13 Å². The molecule has 1 aromatic rings. The lowest BCUT2D eigenvalue weighted by molar-refractivity contribution is 0.394. The van der Waals surface area contributed by atoms with Crippen molar-refractivity contribution in [2.45, 2.75) is 12.8 Å². The molecule has 0 saturated heterocycles. The van der Waals surface area contributed by atoms with E-state index in [0.29, 0.717) is 11.5 Å². The maximum absolute atomic E-state index is 13.2. The van der Waals surface area contributed by atoms with E-state index in [1.165, 1.54) is 6.08 Å². The zero-order chi connectivity index (χ0) is 9.80. The number of hydrogen-bond acceptors (Lipinski definition) is 2. The van der Waals surface area contributed by atoms with E-state index >= 15 is 0 Å². The third-order valence-electron chi connectivity index (χ3n) is 1.92. The third kappa shape index (κ3) is 1.99. The number of ether oxygens (including phenoxy) is 1. The maximum Gasteiger partial charge on any atom is 0.161 e. The van der Waals surface area contributed by atoms with Crippen molar-refractivity contribution in [2.75, 3.05) is 0 Å². The topological polar surface area (TPSA) is 22.1 Å². The largest absolute Gasteiger partial charge is 0.453 e. The van der Waals surface area contributed by atoms with Crippen LogP contribution in [-0.2, 0) is 0 Å². The highest BCUT2D eigenvalue weighted by molar-refractivity contribution is 5.28. The summed E-state index contributed by atoms with van der Waals surface area (Å²) in [5, 5.41) is 0. The second-order valence-corrected chi connectivity index (χ2v) is 2.99. The Morgan fingerprint density at radius 1 is 1.29 bits per heavy atom. The SMILES string of the molecule is FC1=CCCC=C1Oc1cccnc1. The summed E-state index contributed by atoms with van der Waals surface area (Å²) in [7, 11) is 0. The lowest BCUT2D eigenvalue weighted by Crippen LogP contribution is -1.99. The molecule has 0 bridgehead atoms. The molecule has 1 aliphatic rings. The van der Waals surface area contributed by atoms with E-state index in [9.17, 15) is 4.39 Å². The average molecular weight is 191 g/mol. The lowest BCUT2D eigenvalue weighted by atomic mass is 10.1. The van der Waals surface area contributed by atoms with Gasteiger partial charge in [-0.3, -0.25) is 4.98 Å². The Morgan fingerprint density at radius 3 is 2.86 bits per heavy atom. The van der Waals surface area contributed by atoms with Crippen molar-refractivity contribution in [1.29, 1.82) is 0 Å². The zero-order valence-electron chi connectivity index (χ0n) is 7.61. The quantitative estimate of drug-likeness (QED) is 0.716. The van der Waals surface area contributed by atoms with Gasteiger partial charge in [-0.15, -0.1) is 0 Å². The van der Waals surface area contributed by atoms with Crippen molar-refractivity contribution in [2.24, 2.45) is 0 Å². The summed E-state index contributed by atoms with van der Waals surface area (Å²) in [6.45, 7) is 0. The molecule has 0 N–H and O–H groups in total. The molecule has 1 heterocycles. The fraction of sp³-hybridized carbons (Fsp3) is 0.182. The van der Waals surface area contributed by atoms with Crippen LogP contribution in [0.2, 0.25) is 0 Å². The van der Waals surface area contributed by atoms with Crippen molar-refractivity contribution in [3.8, 4) is 5.75 Å². The van der Waals surface area contributed by atoms with Crippen LogP contribution in [-0.4, -0.2) is 4.98 Å². The highest BCUT2D eigenvalue weighted by Crippen LogP contribution is 2.22. The predicted molar refractivity (Wildman–Crippen MR) is 51.4 cm³/mol. The number of aromatic nitrogens is 1. The summed E-state index contributed by atoms with van der Waals surface area (Å²) in [6, 6.07) is 3.50. The number of halogens is 1. The molecule has 1 aliphatic carbocycles. The van der Waals surface area contributed by atoms with E-state index in [4.69, 9.17) is 4.74 Å². The highest BCUT2D eigenvalue weighted by atomic mass is 19.1. The molecule has 72 valence electrons. The van der Waals surface area contributed by atoms with Crippen LogP contribution in [0.15, 0.2) is 48.3 Å². The van der Waals surface area contributed by atoms with Gasteiger partial charge in [0.15, 0.2) is 11.6 Å². The predicted octanol–water partition coefficient (Wildman–Crippen LogP) is 2.99. The van der Waals surface area contributed by atoms with E-state index in [2.05, 4.69) is 4.98 Å². The zero-order valence-corrected chi connectivity index (χ0v) is 7.61. The molecule has 0 radical (unpaired) electrons. The van der Waals surface area contributed by atoms with Crippen LogP contribution in [0.1, 0.15) is 12.8 Å². The molecular weight excluding hydrogens is 181 g/mol. The molecule has 0 saturated carbocycles. The summed E-state index contributed by atoms with van der Waals surface area (Å²) < 4.78 is 18.5. The third-order valence-corrected chi connectivity index (χ3v) is 1.92. The summed E-state index contributed by atoms with van der Waals surface area (Å²) in [5.41, 5.74) is 0. The molecule has 14 heavy (non-hydrogen) atoms. The molecule has 0 unspecified atom stereocenters. The van der Waals surface area contributed by atoms with Crippen LogP contribution in [0.4, 0.5) is 4.39 Å². The van der Waals surface area contributed by atoms with Gasteiger partial charge in [-0.05, 0) is 37.1 Å². The van der Waals surface area contributed by atoms with Crippen LogP contribution in [0.25, 0.3) is 0 Å². The summed E-state index contributed by atoms with van der Waals surface area (Å²) in [6.07, 6.45) is 8.06. The first kappa shape index (κ1) is 8.94. The first-order valence-electron chi connectivity index (χ1n) is 4.50. The van der Waals surface area contributed by atoms with E-state index in [0.717, 1.165) is 12.8 Å². The van der Waals surface area contributed by atoms with Gasteiger partial charge in [0.1, 0.15) is 5.75 Å². The number of hydrogen-bond donors (Lipinski definition) is 0. The lowest BCUT2D eigenvalue weighted by Gasteiger charge is -2.10. The van der Waals surface area contributed by atoms with Gasteiger partial charge in [0.05, 0.1) is 6.20 Å². The molecule has 2 nitrogen and oxygen atoms in total. The molecule has 0 spiro atoms. The van der Waals surface area contributed by atoms with Crippen molar-refractivity contribution >= 4 is 0 Å². The maximum atomic E-state index is 13.2. The monoisotopic (exact) mass is 191 g/mol. The van der Waals surface area contributed by atoms with Crippen LogP contribution < -0.4 is 4.74 Å². The fourth-order valence-electron chi connectivity index (χ4n) is 1.25. The summed E-state index contributed by atoms with van der Waals surface area (Å²) in [5.74, 6) is 0.563. The minimum absolute atomic E-state index is 0.292. The van der Waals surface area contributed by atoms with Crippen LogP contribution >= 0.6 is 0 Å². The minimum Gasteiger partial charge on any atom is -0.453 e. The van der Waals surface area contributed by atoms with Gasteiger partial charge in [0, 0.05) is 6.20 Å². The van der Waals surface area contributed by atoms with Gasteiger partial charge in [0.25, 0.3) is 0 Å². The minimum atomic E-state index is -0.292. The molecule has 0 aliphatic heterocycles. The van der Waals surface area contributed by atoms with Gasteiger partial charge in [-0.1, -0.05) is 0 Å². The Labute approximate surface area is 81.7 Å². The second-order valence-electron chi connectivity index (χ2n) is 2.99. The van der Waals surface area contributed by atoms with Gasteiger partial charge < -0.3 is 4.74 Å². The van der Waals surface area contributed by atoms with Crippen molar-refractivity contribution in [3.63, 3.8) is 0 Å². The summed E-state index contributed by atoms with van der Waals surface area (Å²) >= 11 is 0. The molecule has 0 atom stereocenters. The average Bonchev–Trinajstić information content (AvgIpc) is 2.23. The van der Waals surface area contributed by atoms with Crippen molar-refractivity contribution in [1.82, 2.24) is 4.98 Å². The molecule has 1 aromatic heterocycles. The molecular formula is C11H10FNO. The molecule has 0 amide bonds. The number of allylic oxidation sites excluding steroid dienone is 3. The van der Waals surface area contributed by atoms with E-state index in [-0.39, 0.29) is 5.83 Å². The smallest absolute Gasteiger partial charge is 0.161 e. The van der Waals surface area contributed by atoms with Gasteiger partial charge in [0.2, 0.25) is 0 Å². The summed E-state index contributed by atoms with van der Waals surface area (Å²) in [4.78, 5) is 3.88. The first-order valence-corrected chi connectivity index (χ1v) is 4.50. The number of nitrogens with zero attached hydrogens (tertiary/aromatic N) is 1. The molecule has 0 fully saturated rings. The molecule has 0 aromatic carbocycles. The Kier molecular flexibility index (Phi) is 2.58. The second kappa shape index (κ2) is 4.05. The normalized spacial score (nSPS) is 15.8. The van der Waals surface area contributed by atoms with Gasteiger partial charge >= 0.3 is 0 Å². The van der Waals surface area contributed by atoms with Gasteiger partial charge in [-0.2, -0.15) is 0 Å². The van der Waals surface area contributed by atoms with Crippen molar-refractivity contribution in [3.05, 3.63) is 48.3 Å². The Hall–Kier alpha value is -1.64. The number of pyridine rings is 1. The Morgan fingerprint density at radius 2 is 2.14 bits per heavy atom. The standard InChI is InChI=1S/C11H10FNO/c12-10-5-1-2-6-11(10)14-9-4-3-7-13-8-9/h3-8H,1-2H2. The Balaban J connectivity index is 2.12. The Bertz CT molecular complexity index is 370. The van der Waals surface area contributed by atoms with Crippen LogP contribution in [0.3, 0.4) is 0 Å². The van der Waals surface area contributed by atoms with E-state index < -0.39 is 0 Å². The van der Waals surface area contributed by atoms with Crippen LogP contribution in [0, 0.1) is 0 Å². The van der Waals surface area contributed by atoms with Gasteiger partial charge in [-0.25, -0.2) is 4.39 Å². The fourth-order valence-corrected chi connectivity index (χ4v) is 1.25. The van der Waals surface area contributed by atoms with Crippen LogP contribution in [0.5, 0.6) is 5.75 Å². The van der Waals surface area contributed by atoms with E-state index in [1.807, 2.05) is 0 Å². The van der Waals surface area contributed by atoms with E-state index in [1.54, 1.807) is 30.6 Å². The molecule has 2 rings (SSSR count). The number of rotatable bonds is 2. The first-order chi connectivity index (χ1) is 6.86. The molecule has 3 heteroatoms.